The molecule has 1 aliphatic heterocycles. The molecule has 4 aromatic rings. The van der Waals surface area contributed by atoms with Gasteiger partial charge in [0.2, 0.25) is 0 Å². The van der Waals surface area contributed by atoms with Gasteiger partial charge in [0, 0.05) is 37.9 Å². The molecule has 7 nitrogen and oxygen atoms in total. The second kappa shape index (κ2) is 9.13. The Kier molecular flexibility index (Phi) is 5.88. The van der Waals surface area contributed by atoms with E-state index in [0.717, 1.165) is 41.9 Å². The maximum atomic E-state index is 15.1. The van der Waals surface area contributed by atoms with E-state index in [-0.39, 0.29) is 18.0 Å². The Morgan fingerprint density at radius 1 is 1.21 bits per heavy atom. The Hall–Kier alpha value is -3.94. The normalized spacial score (nSPS) is 16.6. The topological polar surface area (TPSA) is 77.2 Å². The van der Waals surface area contributed by atoms with Crippen molar-refractivity contribution in [3.05, 3.63) is 84.1 Å². The number of aromatic amines is 1. The molecule has 1 aliphatic rings. The van der Waals surface area contributed by atoms with E-state index in [1.165, 1.54) is 6.07 Å². The lowest BCUT2D eigenvalue weighted by Gasteiger charge is -2.28. The van der Waals surface area contributed by atoms with Gasteiger partial charge in [-0.1, -0.05) is 30.3 Å². The molecule has 2 atom stereocenters. The minimum atomic E-state index is -0.406. The highest BCUT2D eigenvalue weighted by atomic mass is 19.1. The van der Waals surface area contributed by atoms with E-state index in [4.69, 9.17) is 0 Å². The molecule has 2 N–H and O–H groups in total. The van der Waals surface area contributed by atoms with Crippen molar-refractivity contribution >= 4 is 28.4 Å². The van der Waals surface area contributed by atoms with Crippen molar-refractivity contribution in [3.8, 4) is 0 Å². The number of nitrogens with one attached hydrogen (secondary N) is 2. The first-order valence-corrected chi connectivity index (χ1v) is 11.4. The van der Waals surface area contributed by atoms with Gasteiger partial charge in [0.25, 0.3) is 5.91 Å². The Morgan fingerprint density at radius 2 is 2.03 bits per heavy atom. The molecule has 2 aromatic carbocycles. The Balaban J connectivity index is 1.27. The highest BCUT2D eigenvalue weighted by molar-refractivity contribution is 5.95. The van der Waals surface area contributed by atoms with Crippen molar-refractivity contribution in [3.63, 3.8) is 0 Å². The molecular formula is C26H27FN6O. The minimum absolute atomic E-state index is 0.122. The number of likely N-dealkylation sites (N-methyl/N-ethyl adjacent to an activating group) is 1. The Morgan fingerprint density at radius 3 is 2.82 bits per heavy atom. The molecule has 0 unspecified atom stereocenters. The number of rotatable bonds is 6. The molecule has 8 heteroatoms. The summed E-state index contributed by atoms with van der Waals surface area (Å²) >= 11 is 0. The summed E-state index contributed by atoms with van der Waals surface area (Å²) < 4.78 is 15.1. The lowest BCUT2D eigenvalue weighted by Crippen LogP contribution is -2.35. The van der Waals surface area contributed by atoms with Crippen LogP contribution in [0.15, 0.2) is 67.1 Å². The van der Waals surface area contributed by atoms with E-state index >= 15 is 4.39 Å². The van der Waals surface area contributed by atoms with E-state index in [1.54, 1.807) is 18.5 Å². The second-order valence-corrected chi connectivity index (χ2v) is 8.71. The number of fused-ring (bicyclic) bond motifs is 1. The third-order valence-corrected chi connectivity index (χ3v) is 6.58. The van der Waals surface area contributed by atoms with Crippen molar-refractivity contribution in [2.24, 2.45) is 0 Å². The maximum absolute atomic E-state index is 15.1. The van der Waals surface area contributed by atoms with E-state index < -0.39 is 5.82 Å². The predicted molar refractivity (Wildman–Crippen MR) is 132 cm³/mol. The fourth-order valence-corrected chi connectivity index (χ4v) is 4.60. The molecule has 0 saturated carbocycles. The number of amides is 1. The number of halogens is 1. The van der Waals surface area contributed by atoms with Gasteiger partial charge in [0.1, 0.15) is 23.6 Å². The lowest BCUT2D eigenvalue weighted by atomic mass is 10.1. The first kappa shape index (κ1) is 21.9. The van der Waals surface area contributed by atoms with Gasteiger partial charge < -0.3 is 20.1 Å². The van der Waals surface area contributed by atoms with E-state index in [2.05, 4.69) is 25.2 Å². The molecule has 5 rings (SSSR count). The SMILES string of the molecule is C[C@H](NC(=O)c1ccc(N(C)[C@@H]2CCN(c3ncnc4[nH]ccc34)C2)c(F)c1)c1ccccc1. The minimum Gasteiger partial charge on any atom is -0.367 e. The fraction of sp³-hybridized carbons (Fsp3) is 0.269. The summed E-state index contributed by atoms with van der Waals surface area (Å²) in [6, 6.07) is 16.3. The third-order valence-electron chi connectivity index (χ3n) is 6.58. The van der Waals surface area contributed by atoms with E-state index in [1.807, 2.05) is 61.5 Å². The fourth-order valence-electron chi connectivity index (χ4n) is 4.60. The number of carbonyl (C=O) groups is 1. The summed E-state index contributed by atoms with van der Waals surface area (Å²) in [5.74, 6) is 0.189. The first-order chi connectivity index (χ1) is 16.5. The number of aromatic nitrogens is 3. The molecule has 1 fully saturated rings. The third kappa shape index (κ3) is 4.19. The smallest absolute Gasteiger partial charge is 0.251 e. The summed E-state index contributed by atoms with van der Waals surface area (Å²) in [6.45, 7) is 3.46. The van der Waals surface area contributed by atoms with Crippen molar-refractivity contribution in [2.75, 3.05) is 29.9 Å². The molecular weight excluding hydrogens is 431 g/mol. The zero-order valence-electron chi connectivity index (χ0n) is 19.2. The van der Waals surface area contributed by atoms with Crippen LogP contribution < -0.4 is 15.1 Å². The van der Waals surface area contributed by atoms with Gasteiger partial charge in [0.15, 0.2) is 0 Å². The predicted octanol–water partition coefficient (Wildman–Crippen LogP) is 4.30. The van der Waals surface area contributed by atoms with Crippen LogP contribution in [0.25, 0.3) is 11.0 Å². The molecule has 0 spiro atoms. The van der Waals surface area contributed by atoms with Crippen molar-refractivity contribution in [2.45, 2.75) is 25.4 Å². The molecule has 1 amide bonds. The van der Waals surface area contributed by atoms with Crippen LogP contribution >= 0.6 is 0 Å². The average molecular weight is 459 g/mol. The van der Waals surface area contributed by atoms with Crippen molar-refractivity contribution in [1.29, 1.82) is 0 Å². The van der Waals surface area contributed by atoms with E-state index in [0.29, 0.717) is 11.3 Å². The summed E-state index contributed by atoms with van der Waals surface area (Å²) in [6.07, 6.45) is 4.30. The summed E-state index contributed by atoms with van der Waals surface area (Å²) in [7, 11) is 1.90. The molecule has 174 valence electrons. The zero-order valence-corrected chi connectivity index (χ0v) is 19.2. The van der Waals surface area contributed by atoms with Crippen LogP contribution in [0.4, 0.5) is 15.9 Å². The molecule has 0 radical (unpaired) electrons. The summed E-state index contributed by atoms with van der Waals surface area (Å²) in [5, 5.41) is 3.92. The maximum Gasteiger partial charge on any atom is 0.251 e. The summed E-state index contributed by atoms with van der Waals surface area (Å²) in [5.41, 5.74) is 2.60. The largest absolute Gasteiger partial charge is 0.367 e. The van der Waals surface area contributed by atoms with Crippen LogP contribution in [0.3, 0.4) is 0 Å². The molecule has 34 heavy (non-hydrogen) atoms. The number of nitrogens with zero attached hydrogens (tertiary/aromatic N) is 4. The van der Waals surface area contributed by atoms with Crippen LogP contribution in [0.2, 0.25) is 0 Å². The van der Waals surface area contributed by atoms with Crippen LogP contribution in [0.1, 0.15) is 35.3 Å². The molecule has 0 bridgehead atoms. The van der Waals surface area contributed by atoms with Gasteiger partial charge in [-0.3, -0.25) is 4.79 Å². The van der Waals surface area contributed by atoms with Gasteiger partial charge in [-0.15, -0.1) is 0 Å². The number of hydrogen-bond donors (Lipinski definition) is 2. The molecule has 3 heterocycles. The van der Waals surface area contributed by atoms with Gasteiger partial charge in [-0.2, -0.15) is 0 Å². The highest BCUT2D eigenvalue weighted by Crippen LogP contribution is 2.30. The standard InChI is InChI=1S/C26H27FN6O/c1-17(18-6-4-3-5-7-18)31-26(34)19-8-9-23(22(27)14-19)32(2)20-11-13-33(15-20)25-21-10-12-28-24(21)29-16-30-25/h3-10,12,14,16-17,20H,11,13,15H2,1-2H3,(H,31,34)(H,28,29,30)/t17-,20+/m0/s1. The lowest BCUT2D eigenvalue weighted by molar-refractivity contribution is 0.0939. The van der Waals surface area contributed by atoms with Gasteiger partial charge >= 0.3 is 0 Å². The van der Waals surface area contributed by atoms with Crippen molar-refractivity contribution < 1.29 is 9.18 Å². The van der Waals surface area contributed by atoms with E-state index in [9.17, 15) is 4.79 Å². The van der Waals surface area contributed by atoms with Crippen LogP contribution in [-0.2, 0) is 0 Å². The quantitative estimate of drug-likeness (QED) is 0.450. The first-order valence-electron chi connectivity index (χ1n) is 11.4. The van der Waals surface area contributed by atoms with Gasteiger partial charge in [0.05, 0.1) is 17.1 Å². The summed E-state index contributed by atoms with van der Waals surface area (Å²) in [4.78, 5) is 28.7. The number of benzene rings is 2. The molecule has 0 aliphatic carbocycles. The van der Waals surface area contributed by atoms with Gasteiger partial charge in [-0.25, -0.2) is 14.4 Å². The van der Waals surface area contributed by atoms with Crippen LogP contribution in [0.5, 0.6) is 0 Å². The van der Waals surface area contributed by atoms with Gasteiger partial charge in [-0.05, 0) is 43.2 Å². The monoisotopic (exact) mass is 458 g/mol. The van der Waals surface area contributed by atoms with Crippen LogP contribution in [0, 0.1) is 5.82 Å². The zero-order chi connectivity index (χ0) is 23.7. The second-order valence-electron chi connectivity index (χ2n) is 8.71. The number of hydrogen-bond acceptors (Lipinski definition) is 5. The Labute approximate surface area is 197 Å². The molecule has 2 aromatic heterocycles. The number of anilines is 2. The van der Waals surface area contributed by atoms with Crippen molar-refractivity contribution in [1.82, 2.24) is 20.3 Å². The number of carbonyl (C=O) groups excluding carboxylic acids is 1. The Bertz CT molecular complexity index is 1310. The highest BCUT2D eigenvalue weighted by Gasteiger charge is 2.29. The number of H-pyrrole nitrogens is 1. The van der Waals surface area contributed by atoms with Crippen LogP contribution in [-0.4, -0.2) is 47.0 Å². The average Bonchev–Trinajstić information content (AvgIpc) is 3.54. The molecule has 1 saturated heterocycles.